The average Bonchev–Trinajstić information content (AvgIpc) is 3.64. The minimum Gasteiger partial charge on any atom is -0.346 e. The number of allylic oxidation sites excluding steroid dienone is 3. The van der Waals surface area contributed by atoms with E-state index in [1.165, 1.54) is 24.4 Å². The number of hydrogen-bond acceptors (Lipinski definition) is 6. The number of nitrogens with one attached hydrogen (secondary N) is 1. The number of amides is 1. The van der Waals surface area contributed by atoms with Gasteiger partial charge in [-0.15, -0.1) is 0 Å². The lowest BCUT2D eigenvalue weighted by molar-refractivity contribution is -0.135. The van der Waals surface area contributed by atoms with Crippen LogP contribution in [0.4, 0.5) is 4.39 Å². The summed E-state index contributed by atoms with van der Waals surface area (Å²) in [5, 5.41) is 0. The molecular weight excluding hydrogens is 501 g/mol. The van der Waals surface area contributed by atoms with Gasteiger partial charge in [0.2, 0.25) is 11.5 Å². The zero-order valence-electron chi connectivity index (χ0n) is 21.7. The highest BCUT2D eigenvalue weighted by Crippen LogP contribution is 2.47. The monoisotopic (exact) mass is 531 g/mol. The molecule has 9 heteroatoms. The summed E-state index contributed by atoms with van der Waals surface area (Å²) in [6.07, 6.45) is 7.17. The number of Topliss-reactive ketones (excluding diaryl/α,β-unsaturated/α-hetero) is 2. The van der Waals surface area contributed by atoms with E-state index in [1.54, 1.807) is 30.4 Å². The molecule has 1 amide bonds. The van der Waals surface area contributed by atoms with Crippen LogP contribution in [0.25, 0.3) is 5.57 Å². The third-order valence-corrected chi connectivity index (χ3v) is 8.47. The Hall–Kier alpha value is -3.69. The lowest BCUT2D eigenvalue weighted by Gasteiger charge is -2.31. The normalized spacial score (nSPS) is 25.4. The number of pyridine rings is 1. The van der Waals surface area contributed by atoms with Gasteiger partial charge in [0.1, 0.15) is 12.5 Å². The van der Waals surface area contributed by atoms with Gasteiger partial charge in [-0.2, -0.15) is 0 Å². The van der Waals surface area contributed by atoms with E-state index in [0.29, 0.717) is 29.2 Å². The van der Waals surface area contributed by atoms with Crippen molar-refractivity contribution >= 4 is 23.0 Å². The van der Waals surface area contributed by atoms with Crippen molar-refractivity contribution < 1.29 is 23.5 Å². The molecule has 1 N–H and O–H groups in total. The zero-order valence-corrected chi connectivity index (χ0v) is 21.7. The molecule has 39 heavy (non-hydrogen) atoms. The summed E-state index contributed by atoms with van der Waals surface area (Å²) in [5.41, 5.74) is 1.03. The highest BCUT2D eigenvalue weighted by molar-refractivity contribution is 6.26. The number of hydrogen-bond donors (Lipinski definition) is 1. The largest absolute Gasteiger partial charge is 0.346 e. The zero-order chi connectivity index (χ0) is 27.3. The molecule has 2 aromatic rings. The highest BCUT2D eigenvalue weighted by Gasteiger charge is 2.58. The van der Waals surface area contributed by atoms with Crippen LogP contribution in [0.1, 0.15) is 37.3 Å². The smallest absolute Gasteiger partial charge is 0.247 e. The van der Waals surface area contributed by atoms with Gasteiger partial charge in [-0.05, 0) is 55.0 Å². The van der Waals surface area contributed by atoms with Crippen molar-refractivity contribution in [3.63, 3.8) is 0 Å². The van der Waals surface area contributed by atoms with Gasteiger partial charge in [0.15, 0.2) is 17.2 Å². The number of nitrogens with zero attached hydrogens (tertiary/aromatic N) is 2. The maximum Gasteiger partial charge on any atom is 0.247 e. The predicted molar refractivity (Wildman–Crippen MR) is 141 cm³/mol. The third-order valence-electron chi connectivity index (χ3n) is 8.47. The quantitative estimate of drug-likeness (QED) is 0.590. The standard InChI is InChI=1S/C30H30FN3O5/c1-18(20-4-5-20)34(14-19-2-7-22(31)8-3-19)28(37)15-33-16-30(39-17-33)25-10-9-23(21-6-11-27(36)32-13-21)29(38)24(25)12-26(30)35/h2-3,6-11,13,18,20,24H,4-5,12,14-17H2,1H3,(H,32,36). The topological polar surface area (TPSA) is 99.8 Å². The third kappa shape index (κ3) is 4.70. The molecule has 4 aliphatic rings. The van der Waals surface area contributed by atoms with Crippen molar-refractivity contribution in [2.45, 2.75) is 44.4 Å². The maximum absolute atomic E-state index is 13.6. The molecular formula is C30H30FN3O5. The number of ketones is 2. The Morgan fingerprint density at radius 3 is 2.62 bits per heavy atom. The van der Waals surface area contributed by atoms with Gasteiger partial charge in [0.05, 0.1) is 12.5 Å². The van der Waals surface area contributed by atoms with Crippen molar-refractivity contribution in [3.05, 3.63) is 87.6 Å². The summed E-state index contributed by atoms with van der Waals surface area (Å²) in [4.78, 5) is 57.9. The van der Waals surface area contributed by atoms with Crippen molar-refractivity contribution in [2.75, 3.05) is 19.8 Å². The van der Waals surface area contributed by atoms with Crippen molar-refractivity contribution in [1.82, 2.24) is 14.8 Å². The fourth-order valence-corrected chi connectivity index (χ4v) is 6.06. The first-order valence-corrected chi connectivity index (χ1v) is 13.3. The van der Waals surface area contributed by atoms with Crippen molar-refractivity contribution in [1.29, 1.82) is 0 Å². The SMILES string of the molecule is CC(C1CC1)N(Cc1ccc(F)cc1)C(=O)CN1COC2(C1)C(=O)CC1C(=O)C(c3ccc(=O)[nH]c3)=CC=C12. The second-order valence-electron chi connectivity index (χ2n) is 11.0. The van der Waals surface area contributed by atoms with Gasteiger partial charge >= 0.3 is 0 Å². The Morgan fingerprint density at radius 2 is 1.92 bits per heavy atom. The average molecular weight is 532 g/mol. The van der Waals surface area contributed by atoms with Crippen LogP contribution in [0.2, 0.25) is 0 Å². The molecule has 1 aliphatic heterocycles. The molecule has 1 aromatic heterocycles. The van der Waals surface area contributed by atoms with E-state index in [9.17, 15) is 23.6 Å². The Bertz CT molecular complexity index is 1440. The molecule has 2 heterocycles. The predicted octanol–water partition coefficient (Wildman–Crippen LogP) is 2.85. The van der Waals surface area contributed by atoms with E-state index >= 15 is 0 Å². The molecule has 6 rings (SSSR count). The number of carbonyl (C=O) groups excluding carboxylic acids is 3. The minimum absolute atomic E-state index is 0.0442. The molecule has 2 saturated carbocycles. The van der Waals surface area contributed by atoms with E-state index in [-0.39, 0.29) is 61.1 Å². The first-order valence-electron chi connectivity index (χ1n) is 13.3. The van der Waals surface area contributed by atoms with Crippen LogP contribution >= 0.6 is 0 Å². The summed E-state index contributed by atoms with van der Waals surface area (Å²) < 4.78 is 19.5. The number of carbonyl (C=O) groups is 3. The van der Waals surface area contributed by atoms with Crippen LogP contribution in [-0.4, -0.2) is 63.7 Å². The molecule has 1 aromatic carbocycles. The Morgan fingerprint density at radius 1 is 1.15 bits per heavy atom. The maximum atomic E-state index is 13.6. The number of H-pyrrole nitrogens is 1. The van der Waals surface area contributed by atoms with Gasteiger partial charge in [-0.3, -0.25) is 24.1 Å². The van der Waals surface area contributed by atoms with Gasteiger partial charge in [0, 0.05) is 49.0 Å². The van der Waals surface area contributed by atoms with E-state index in [2.05, 4.69) is 11.9 Å². The van der Waals surface area contributed by atoms with Crippen LogP contribution in [-0.2, 0) is 25.7 Å². The van der Waals surface area contributed by atoms with Gasteiger partial charge in [-0.1, -0.05) is 24.3 Å². The summed E-state index contributed by atoms with van der Waals surface area (Å²) in [6.45, 7) is 2.83. The second-order valence-corrected chi connectivity index (χ2v) is 11.0. The Labute approximate surface area is 225 Å². The first-order chi connectivity index (χ1) is 18.7. The molecule has 3 unspecified atom stereocenters. The summed E-state index contributed by atoms with van der Waals surface area (Å²) in [6, 6.07) is 9.19. The van der Waals surface area contributed by atoms with Crippen LogP contribution in [0, 0.1) is 17.7 Å². The van der Waals surface area contributed by atoms with Crippen LogP contribution in [0.3, 0.4) is 0 Å². The molecule has 1 spiro atoms. The number of aromatic amines is 1. The second kappa shape index (κ2) is 9.81. The highest BCUT2D eigenvalue weighted by atomic mass is 19.1. The lowest BCUT2D eigenvalue weighted by atomic mass is 9.82. The Balaban J connectivity index is 1.19. The van der Waals surface area contributed by atoms with Crippen molar-refractivity contribution in [2.24, 2.45) is 11.8 Å². The molecule has 0 bridgehead atoms. The molecule has 3 aliphatic carbocycles. The van der Waals surface area contributed by atoms with Crippen molar-refractivity contribution in [3.8, 4) is 0 Å². The van der Waals surface area contributed by atoms with Gasteiger partial charge < -0.3 is 14.6 Å². The van der Waals surface area contributed by atoms with Gasteiger partial charge in [0.25, 0.3) is 0 Å². The number of halogens is 1. The number of benzene rings is 1. The van der Waals surface area contributed by atoms with Crippen LogP contribution in [0.15, 0.2) is 65.1 Å². The molecule has 3 atom stereocenters. The molecule has 8 nitrogen and oxygen atoms in total. The molecule has 3 fully saturated rings. The van der Waals surface area contributed by atoms with E-state index in [0.717, 1.165) is 18.4 Å². The number of fused-ring (bicyclic) bond motifs is 2. The number of ether oxygens (including phenoxy) is 1. The minimum atomic E-state index is -1.24. The summed E-state index contributed by atoms with van der Waals surface area (Å²) >= 11 is 0. The Kier molecular flexibility index (Phi) is 6.43. The number of aromatic nitrogens is 1. The number of rotatable bonds is 7. The van der Waals surface area contributed by atoms with Crippen LogP contribution < -0.4 is 5.56 Å². The van der Waals surface area contributed by atoms with E-state index < -0.39 is 11.5 Å². The molecule has 1 saturated heterocycles. The van der Waals surface area contributed by atoms with E-state index in [1.807, 2.05) is 9.80 Å². The van der Waals surface area contributed by atoms with Crippen LogP contribution in [0.5, 0.6) is 0 Å². The first kappa shape index (κ1) is 25.6. The summed E-state index contributed by atoms with van der Waals surface area (Å²) in [7, 11) is 0. The summed E-state index contributed by atoms with van der Waals surface area (Å²) in [5.74, 6) is -0.892. The van der Waals surface area contributed by atoms with Gasteiger partial charge in [-0.25, -0.2) is 4.39 Å². The fourth-order valence-electron chi connectivity index (χ4n) is 6.06. The molecule has 0 radical (unpaired) electrons. The van der Waals surface area contributed by atoms with E-state index in [4.69, 9.17) is 4.74 Å². The lowest BCUT2D eigenvalue weighted by Crippen LogP contribution is -2.46. The molecule has 202 valence electrons. The fraction of sp³-hybridized carbons (Fsp3) is 0.400.